The van der Waals surface area contributed by atoms with Crippen molar-refractivity contribution >= 4 is 22.7 Å². The summed E-state index contributed by atoms with van der Waals surface area (Å²) in [4.78, 5) is 17.0. The van der Waals surface area contributed by atoms with Gasteiger partial charge in [-0.3, -0.25) is 0 Å². The molecule has 7 heteroatoms. The SMILES string of the molecule is Cc1nccn1-c1ccc([C@H](C)Nc2ncnc3nc(N)ccc23)cc1. The number of nitrogens with zero attached hydrogens (tertiary/aromatic N) is 5. The van der Waals surface area contributed by atoms with Gasteiger partial charge in [0.25, 0.3) is 0 Å². The van der Waals surface area contributed by atoms with Crippen molar-refractivity contribution in [2.75, 3.05) is 11.1 Å². The topological polar surface area (TPSA) is 94.5 Å². The van der Waals surface area contributed by atoms with Gasteiger partial charge in [0, 0.05) is 24.1 Å². The summed E-state index contributed by atoms with van der Waals surface area (Å²) in [6, 6.07) is 12.1. The number of rotatable bonds is 4. The highest BCUT2D eigenvalue weighted by Crippen LogP contribution is 2.24. The molecule has 1 aromatic carbocycles. The van der Waals surface area contributed by atoms with E-state index in [-0.39, 0.29) is 6.04 Å². The predicted molar refractivity (Wildman–Crippen MR) is 102 cm³/mol. The number of fused-ring (bicyclic) bond motifs is 1. The zero-order valence-corrected chi connectivity index (χ0v) is 14.6. The molecule has 0 spiro atoms. The lowest BCUT2D eigenvalue weighted by molar-refractivity contribution is 0.872. The lowest BCUT2D eigenvalue weighted by atomic mass is 10.1. The Hall–Kier alpha value is -3.48. The van der Waals surface area contributed by atoms with E-state index in [1.165, 1.54) is 6.33 Å². The lowest BCUT2D eigenvalue weighted by Gasteiger charge is -2.17. The smallest absolute Gasteiger partial charge is 0.166 e. The van der Waals surface area contributed by atoms with Gasteiger partial charge >= 0.3 is 0 Å². The molecule has 0 unspecified atom stereocenters. The van der Waals surface area contributed by atoms with Crippen LogP contribution in [0.15, 0.2) is 55.1 Å². The van der Waals surface area contributed by atoms with E-state index in [4.69, 9.17) is 5.73 Å². The van der Waals surface area contributed by atoms with Gasteiger partial charge in [0.2, 0.25) is 0 Å². The van der Waals surface area contributed by atoms with Crippen molar-refractivity contribution in [3.8, 4) is 5.69 Å². The Labute approximate surface area is 151 Å². The number of anilines is 2. The van der Waals surface area contributed by atoms with Crippen LogP contribution in [0, 0.1) is 6.92 Å². The highest BCUT2D eigenvalue weighted by Gasteiger charge is 2.11. The first-order valence-electron chi connectivity index (χ1n) is 8.36. The molecule has 130 valence electrons. The fourth-order valence-corrected chi connectivity index (χ4v) is 2.93. The van der Waals surface area contributed by atoms with Crippen molar-refractivity contribution in [1.82, 2.24) is 24.5 Å². The minimum Gasteiger partial charge on any atom is -0.384 e. The molecule has 3 N–H and O–H groups in total. The second kappa shape index (κ2) is 6.44. The Kier molecular flexibility index (Phi) is 3.96. The zero-order valence-electron chi connectivity index (χ0n) is 14.6. The van der Waals surface area contributed by atoms with E-state index in [1.54, 1.807) is 12.3 Å². The van der Waals surface area contributed by atoms with Gasteiger partial charge in [-0.2, -0.15) is 0 Å². The number of pyridine rings is 1. The fourth-order valence-electron chi connectivity index (χ4n) is 2.93. The van der Waals surface area contributed by atoms with E-state index in [0.717, 1.165) is 28.3 Å². The molecule has 0 saturated carbocycles. The van der Waals surface area contributed by atoms with Crippen molar-refractivity contribution in [2.45, 2.75) is 19.9 Å². The number of aromatic nitrogens is 5. The molecule has 0 aliphatic heterocycles. The van der Waals surface area contributed by atoms with Gasteiger partial charge < -0.3 is 15.6 Å². The van der Waals surface area contributed by atoms with Crippen molar-refractivity contribution in [1.29, 1.82) is 0 Å². The summed E-state index contributed by atoms with van der Waals surface area (Å²) in [6.07, 6.45) is 5.25. The summed E-state index contributed by atoms with van der Waals surface area (Å²) in [6.45, 7) is 4.08. The fraction of sp³-hybridized carbons (Fsp3) is 0.158. The molecular weight excluding hydrogens is 326 g/mol. The highest BCUT2D eigenvalue weighted by atomic mass is 15.1. The van der Waals surface area contributed by atoms with Crippen molar-refractivity contribution in [3.05, 3.63) is 66.5 Å². The molecule has 0 amide bonds. The van der Waals surface area contributed by atoms with Gasteiger partial charge in [0.1, 0.15) is 23.8 Å². The first-order chi connectivity index (χ1) is 12.6. The van der Waals surface area contributed by atoms with Crippen LogP contribution in [0.5, 0.6) is 0 Å². The monoisotopic (exact) mass is 345 g/mol. The van der Waals surface area contributed by atoms with Crippen LogP contribution in [0.2, 0.25) is 0 Å². The quantitative estimate of drug-likeness (QED) is 0.589. The molecule has 4 aromatic rings. The standard InChI is InChI=1S/C19H19N7/c1-12(14-3-5-15(6-4-14)26-10-9-21-13(26)2)24-18-16-7-8-17(20)25-19(16)23-11-22-18/h3-12H,1-2H3,(H3,20,22,23,24,25)/t12-/m0/s1. The summed E-state index contributed by atoms with van der Waals surface area (Å²) >= 11 is 0. The Morgan fingerprint density at radius 2 is 1.85 bits per heavy atom. The minimum atomic E-state index is 0.0728. The third-order valence-corrected chi connectivity index (χ3v) is 4.37. The van der Waals surface area contributed by atoms with Gasteiger partial charge in [0.15, 0.2) is 5.65 Å². The van der Waals surface area contributed by atoms with Gasteiger partial charge in [-0.05, 0) is 43.7 Å². The van der Waals surface area contributed by atoms with Crippen LogP contribution in [-0.2, 0) is 0 Å². The van der Waals surface area contributed by atoms with Crippen LogP contribution in [0.1, 0.15) is 24.4 Å². The van der Waals surface area contributed by atoms with E-state index < -0.39 is 0 Å². The molecule has 0 radical (unpaired) electrons. The van der Waals surface area contributed by atoms with Gasteiger partial charge in [0.05, 0.1) is 5.39 Å². The summed E-state index contributed by atoms with van der Waals surface area (Å²) in [5.41, 5.74) is 8.56. The number of nitrogens with two attached hydrogens (primary N) is 1. The number of hydrogen-bond acceptors (Lipinski definition) is 6. The number of nitrogen functional groups attached to an aromatic ring is 1. The molecular formula is C19H19N7. The van der Waals surface area contributed by atoms with E-state index in [2.05, 4.69) is 61.0 Å². The average molecular weight is 345 g/mol. The minimum absolute atomic E-state index is 0.0728. The number of hydrogen-bond donors (Lipinski definition) is 2. The maximum Gasteiger partial charge on any atom is 0.166 e. The van der Waals surface area contributed by atoms with Crippen molar-refractivity contribution < 1.29 is 0 Å². The second-order valence-corrected chi connectivity index (χ2v) is 6.13. The van der Waals surface area contributed by atoms with E-state index in [1.807, 2.05) is 19.2 Å². The number of benzene rings is 1. The van der Waals surface area contributed by atoms with Crippen LogP contribution in [0.25, 0.3) is 16.7 Å². The van der Waals surface area contributed by atoms with E-state index >= 15 is 0 Å². The van der Waals surface area contributed by atoms with Crippen molar-refractivity contribution in [2.24, 2.45) is 0 Å². The predicted octanol–water partition coefficient (Wildman–Crippen LogP) is 3.27. The molecule has 1 atom stereocenters. The van der Waals surface area contributed by atoms with Crippen LogP contribution in [0.3, 0.4) is 0 Å². The molecule has 0 fully saturated rings. The molecule has 3 aromatic heterocycles. The van der Waals surface area contributed by atoms with Gasteiger partial charge in [-0.15, -0.1) is 0 Å². The molecule has 0 aliphatic rings. The van der Waals surface area contributed by atoms with Gasteiger partial charge in [-0.25, -0.2) is 19.9 Å². The van der Waals surface area contributed by atoms with E-state index in [9.17, 15) is 0 Å². The Morgan fingerprint density at radius 3 is 2.58 bits per heavy atom. The molecule has 4 rings (SSSR count). The first-order valence-corrected chi connectivity index (χ1v) is 8.36. The lowest BCUT2D eigenvalue weighted by Crippen LogP contribution is -2.09. The second-order valence-electron chi connectivity index (χ2n) is 6.13. The Bertz CT molecular complexity index is 1050. The molecule has 3 heterocycles. The van der Waals surface area contributed by atoms with Crippen LogP contribution < -0.4 is 11.1 Å². The Morgan fingerprint density at radius 1 is 1.04 bits per heavy atom. The third-order valence-electron chi connectivity index (χ3n) is 4.37. The molecule has 0 bridgehead atoms. The maximum absolute atomic E-state index is 5.73. The molecule has 0 aliphatic carbocycles. The van der Waals surface area contributed by atoms with Gasteiger partial charge in [-0.1, -0.05) is 12.1 Å². The number of nitrogens with one attached hydrogen (secondary N) is 1. The summed E-state index contributed by atoms with van der Waals surface area (Å²) < 4.78 is 2.05. The number of aryl methyl sites for hydroxylation is 1. The largest absolute Gasteiger partial charge is 0.384 e. The van der Waals surface area contributed by atoms with E-state index in [0.29, 0.717) is 11.5 Å². The van der Waals surface area contributed by atoms with Crippen LogP contribution in [-0.4, -0.2) is 24.5 Å². The molecule has 0 saturated heterocycles. The van der Waals surface area contributed by atoms with Crippen LogP contribution in [0.4, 0.5) is 11.6 Å². The highest BCUT2D eigenvalue weighted by molar-refractivity contribution is 5.87. The average Bonchev–Trinajstić information content (AvgIpc) is 3.07. The first kappa shape index (κ1) is 16.0. The Balaban J connectivity index is 1.59. The molecule has 26 heavy (non-hydrogen) atoms. The van der Waals surface area contributed by atoms with Crippen molar-refractivity contribution in [3.63, 3.8) is 0 Å². The maximum atomic E-state index is 5.73. The normalized spacial score (nSPS) is 12.2. The third kappa shape index (κ3) is 2.95. The number of imidazole rings is 1. The summed E-state index contributed by atoms with van der Waals surface area (Å²) in [5.74, 6) is 2.15. The van der Waals surface area contributed by atoms with Crippen LogP contribution >= 0.6 is 0 Å². The zero-order chi connectivity index (χ0) is 18.1. The molecule has 7 nitrogen and oxygen atoms in total. The summed E-state index contributed by atoms with van der Waals surface area (Å²) in [7, 11) is 0. The summed E-state index contributed by atoms with van der Waals surface area (Å²) in [5, 5.41) is 4.28.